The van der Waals surface area contributed by atoms with Crippen molar-refractivity contribution in [2.75, 3.05) is 31.6 Å². The predicted octanol–water partition coefficient (Wildman–Crippen LogP) is 4.91. The number of likely N-dealkylation sites (tertiary alicyclic amines) is 1. The second-order valence-corrected chi connectivity index (χ2v) is 9.72. The number of hydrogen-bond acceptors (Lipinski definition) is 5. The number of benzene rings is 1. The quantitative estimate of drug-likeness (QED) is 0.545. The molecule has 2 unspecified atom stereocenters. The molecule has 2 aliphatic rings. The van der Waals surface area contributed by atoms with E-state index in [2.05, 4.69) is 24.9 Å². The summed E-state index contributed by atoms with van der Waals surface area (Å²) in [4.78, 5) is 22.8. The number of hydrogen-bond donors (Lipinski definition) is 0. The number of amides is 1. The van der Waals surface area contributed by atoms with Crippen molar-refractivity contribution in [1.29, 1.82) is 0 Å². The number of carbonyl (C=O) groups excluding carboxylic acids is 1. The number of nitrogens with zero attached hydrogens (tertiary/aromatic N) is 5. The van der Waals surface area contributed by atoms with Gasteiger partial charge in [0.1, 0.15) is 11.6 Å². The predicted molar refractivity (Wildman–Crippen MR) is 129 cm³/mol. The molecule has 3 aromatic rings. The van der Waals surface area contributed by atoms with Gasteiger partial charge in [-0.05, 0) is 56.7 Å². The van der Waals surface area contributed by atoms with Crippen molar-refractivity contribution >= 4 is 29.0 Å². The first-order valence-electron chi connectivity index (χ1n) is 11.7. The molecule has 174 valence electrons. The minimum atomic E-state index is -0.106. The molecule has 33 heavy (non-hydrogen) atoms. The molecule has 7 nitrogen and oxygen atoms in total. The summed E-state index contributed by atoms with van der Waals surface area (Å²) in [6.07, 6.45) is 6.14. The van der Waals surface area contributed by atoms with Crippen LogP contribution in [0.3, 0.4) is 0 Å². The molecule has 5 rings (SSSR count). The third-order valence-electron chi connectivity index (χ3n) is 6.86. The van der Waals surface area contributed by atoms with Gasteiger partial charge in [0.2, 0.25) is 0 Å². The van der Waals surface area contributed by atoms with E-state index in [9.17, 15) is 4.79 Å². The van der Waals surface area contributed by atoms with Crippen LogP contribution < -0.4 is 9.64 Å². The summed E-state index contributed by atoms with van der Waals surface area (Å²) in [5.41, 5.74) is 3.28. The third-order valence-corrected chi connectivity index (χ3v) is 7.19. The first-order valence-corrected chi connectivity index (χ1v) is 12.1. The van der Waals surface area contributed by atoms with Crippen LogP contribution in [0.4, 0.5) is 5.82 Å². The maximum absolute atomic E-state index is 13.5. The van der Waals surface area contributed by atoms with Gasteiger partial charge >= 0.3 is 0 Å². The Morgan fingerprint density at radius 2 is 2.03 bits per heavy atom. The zero-order valence-electron chi connectivity index (χ0n) is 19.4. The van der Waals surface area contributed by atoms with Crippen LogP contribution in [0.1, 0.15) is 60.3 Å². The Morgan fingerprint density at radius 3 is 2.79 bits per heavy atom. The van der Waals surface area contributed by atoms with Crippen LogP contribution in [-0.2, 0) is 0 Å². The van der Waals surface area contributed by atoms with E-state index >= 15 is 0 Å². The van der Waals surface area contributed by atoms with Crippen LogP contribution in [0.2, 0.25) is 5.02 Å². The molecule has 0 bridgehead atoms. The van der Waals surface area contributed by atoms with Crippen LogP contribution in [0.5, 0.6) is 5.75 Å². The van der Waals surface area contributed by atoms with Gasteiger partial charge in [-0.3, -0.25) is 4.79 Å². The minimum Gasteiger partial charge on any atom is -0.497 e. The lowest BCUT2D eigenvalue weighted by atomic mass is 9.98. The number of anilines is 1. The fraction of sp³-hybridized carbons (Fsp3) is 0.480. The Labute approximate surface area is 199 Å². The Bertz CT molecular complexity index is 1190. The number of aryl methyl sites for hydroxylation is 1. The Hall–Kier alpha value is -2.80. The van der Waals surface area contributed by atoms with E-state index in [0.717, 1.165) is 55.1 Å². The first kappa shape index (κ1) is 22.0. The van der Waals surface area contributed by atoms with E-state index in [0.29, 0.717) is 28.8 Å². The van der Waals surface area contributed by atoms with Gasteiger partial charge < -0.3 is 14.5 Å². The minimum absolute atomic E-state index is 0.0865. The molecule has 2 atom stereocenters. The number of piperidine rings is 1. The van der Waals surface area contributed by atoms with Gasteiger partial charge in [0, 0.05) is 37.5 Å². The summed E-state index contributed by atoms with van der Waals surface area (Å²) in [5.74, 6) is 2.26. The van der Waals surface area contributed by atoms with Crippen molar-refractivity contribution < 1.29 is 9.53 Å². The maximum atomic E-state index is 13.5. The van der Waals surface area contributed by atoms with Crippen LogP contribution in [0.25, 0.3) is 5.65 Å². The van der Waals surface area contributed by atoms with Crippen molar-refractivity contribution in [2.24, 2.45) is 5.92 Å². The summed E-state index contributed by atoms with van der Waals surface area (Å²) >= 11 is 6.40. The van der Waals surface area contributed by atoms with Crippen molar-refractivity contribution in [1.82, 2.24) is 19.5 Å². The SMILES string of the molecule is COc1ccc(Cl)c(C(=O)N2CCCCC2c2cc3nc(N4CCC(C)C4)c(C)cn3n2)c1. The molecule has 2 saturated heterocycles. The molecule has 0 radical (unpaired) electrons. The Morgan fingerprint density at radius 1 is 1.18 bits per heavy atom. The largest absolute Gasteiger partial charge is 0.497 e. The molecule has 0 aliphatic carbocycles. The van der Waals surface area contributed by atoms with Gasteiger partial charge in [0.25, 0.3) is 5.91 Å². The highest BCUT2D eigenvalue weighted by Gasteiger charge is 2.32. The summed E-state index contributed by atoms with van der Waals surface area (Å²) < 4.78 is 7.16. The molecule has 2 aliphatic heterocycles. The number of aromatic nitrogens is 3. The average Bonchev–Trinajstić information content (AvgIpc) is 3.44. The molecule has 1 aromatic carbocycles. The highest BCUT2D eigenvalue weighted by molar-refractivity contribution is 6.33. The summed E-state index contributed by atoms with van der Waals surface area (Å²) in [5, 5.41) is 5.28. The summed E-state index contributed by atoms with van der Waals surface area (Å²) in [6, 6.07) is 7.12. The number of carbonyl (C=O) groups is 1. The molecule has 0 spiro atoms. The normalized spacial score (nSPS) is 21.1. The lowest BCUT2D eigenvalue weighted by Gasteiger charge is -2.35. The van der Waals surface area contributed by atoms with Gasteiger partial charge in [-0.2, -0.15) is 5.10 Å². The number of rotatable bonds is 4. The van der Waals surface area contributed by atoms with Gasteiger partial charge in [-0.25, -0.2) is 9.50 Å². The average molecular weight is 468 g/mol. The van der Waals surface area contributed by atoms with Crippen molar-refractivity contribution in [3.63, 3.8) is 0 Å². The Kier molecular flexibility index (Phi) is 5.91. The number of fused-ring (bicyclic) bond motifs is 1. The van der Waals surface area contributed by atoms with Crippen molar-refractivity contribution in [2.45, 2.75) is 45.6 Å². The standard InChI is InChI=1S/C25H30ClN5O2/c1-16-9-11-29(14-16)24-17(2)15-31-23(27-24)13-21(28-31)22-6-4-5-10-30(22)25(32)19-12-18(33-3)7-8-20(19)26/h7-8,12-13,15-16,22H,4-6,9-11,14H2,1-3H3. The summed E-state index contributed by atoms with van der Waals surface area (Å²) in [6.45, 7) is 7.13. The lowest BCUT2D eigenvalue weighted by molar-refractivity contribution is 0.0605. The zero-order chi connectivity index (χ0) is 23.1. The van der Waals surface area contributed by atoms with Gasteiger partial charge in [-0.15, -0.1) is 0 Å². The van der Waals surface area contributed by atoms with E-state index < -0.39 is 0 Å². The van der Waals surface area contributed by atoms with Crippen molar-refractivity contribution in [3.8, 4) is 5.75 Å². The molecule has 1 amide bonds. The molecule has 4 heterocycles. The third kappa shape index (κ3) is 4.14. The van der Waals surface area contributed by atoms with E-state index in [1.165, 1.54) is 6.42 Å². The van der Waals surface area contributed by atoms with Gasteiger partial charge in [0.05, 0.1) is 29.4 Å². The van der Waals surface area contributed by atoms with Crippen LogP contribution >= 0.6 is 11.6 Å². The second-order valence-electron chi connectivity index (χ2n) is 9.32. The molecule has 0 saturated carbocycles. The van der Waals surface area contributed by atoms with Gasteiger partial charge in [0.15, 0.2) is 5.65 Å². The molecular weight excluding hydrogens is 438 g/mol. The lowest BCUT2D eigenvalue weighted by Crippen LogP contribution is -2.38. The molecular formula is C25H30ClN5O2. The first-order chi connectivity index (χ1) is 15.9. The highest BCUT2D eigenvalue weighted by atomic mass is 35.5. The maximum Gasteiger partial charge on any atom is 0.256 e. The van der Waals surface area contributed by atoms with Crippen LogP contribution in [0.15, 0.2) is 30.5 Å². The summed E-state index contributed by atoms with van der Waals surface area (Å²) in [7, 11) is 1.59. The molecule has 0 N–H and O–H groups in total. The van der Waals surface area contributed by atoms with Crippen LogP contribution in [0, 0.1) is 12.8 Å². The zero-order valence-corrected chi connectivity index (χ0v) is 20.2. The van der Waals surface area contributed by atoms with E-state index in [4.69, 9.17) is 26.4 Å². The number of methoxy groups -OCH3 is 1. The fourth-order valence-electron chi connectivity index (χ4n) is 5.06. The van der Waals surface area contributed by atoms with E-state index in [1.807, 2.05) is 15.5 Å². The Balaban J connectivity index is 1.48. The molecule has 2 fully saturated rings. The highest BCUT2D eigenvalue weighted by Crippen LogP contribution is 2.34. The molecule has 2 aromatic heterocycles. The van der Waals surface area contributed by atoms with Crippen molar-refractivity contribution in [3.05, 3.63) is 52.3 Å². The number of halogens is 1. The number of ether oxygens (including phenoxy) is 1. The topological polar surface area (TPSA) is 63.0 Å². The second kappa shape index (κ2) is 8.86. The fourth-order valence-corrected chi connectivity index (χ4v) is 5.26. The van der Waals surface area contributed by atoms with E-state index in [1.54, 1.807) is 25.3 Å². The monoisotopic (exact) mass is 467 g/mol. The van der Waals surface area contributed by atoms with Crippen LogP contribution in [-0.4, -0.2) is 52.1 Å². The smallest absolute Gasteiger partial charge is 0.256 e. The molecule has 8 heteroatoms. The van der Waals surface area contributed by atoms with E-state index in [-0.39, 0.29) is 11.9 Å². The van der Waals surface area contributed by atoms with Gasteiger partial charge in [-0.1, -0.05) is 18.5 Å².